The molecule has 1 aromatic rings. The van der Waals surface area contributed by atoms with Crippen molar-refractivity contribution < 1.29 is 0 Å². The molecule has 1 N–H and O–H groups in total. The Morgan fingerprint density at radius 1 is 1.29 bits per heavy atom. The van der Waals surface area contributed by atoms with Crippen molar-refractivity contribution in [2.24, 2.45) is 5.92 Å². The maximum atomic E-state index is 4.71. The summed E-state index contributed by atoms with van der Waals surface area (Å²) >= 11 is 0. The van der Waals surface area contributed by atoms with Crippen LogP contribution in [0.2, 0.25) is 0 Å². The first-order chi connectivity index (χ1) is 10.0. The number of hydrogen-bond donors (Lipinski definition) is 1. The van der Waals surface area contributed by atoms with Gasteiger partial charge in [-0.25, -0.2) is 4.98 Å². The Balaban J connectivity index is 1.69. The highest BCUT2D eigenvalue weighted by atomic mass is 15.2. The van der Waals surface area contributed by atoms with Crippen LogP contribution in [0.3, 0.4) is 0 Å². The van der Waals surface area contributed by atoms with Crippen LogP contribution in [0.1, 0.15) is 51.6 Å². The molecule has 2 fully saturated rings. The molecule has 3 heterocycles. The fourth-order valence-electron chi connectivity index (χ4n) is 4.11. The van der Waals surface area contributed by atoms with Crippen LogP contribution in [-0.2, 0) is 6.54 Å². The number of anilines is 1. The normalized spacial score (nSPS) is 29.9. The predicted octanol–water partition coefficient (Wildman–Crippen LogP) is 3.27. The first-order valence-corrected chi connectivity index (χ1v) is 8.55. The molecule has 0 amide bonds. The van der Waals surface area contributed by atoms with E-state index in [1.807, 2.05) is 0 Å². The summed E-state index contributed by atoms with van der Waals surface area (Å²) in [5.41, 5.74) is 1.12. The average Bonchev–Trinajstić information content (AvgIpc) is 2.70. The molecule has 2 aliphatic rings. The Morgan fingerprint density at radius 3 is 2.57 bits per heavy atom. The molecule has 4 heteroatoms. The number of fused-ring (bicyclic) bond motifs is 2. The summed E-state index contributed by atoms with van der Waals surface area (Å²) in [6.07, 6.45) is 8.85. The molecule has 2 unspecified atom stereocenters. The van der Waals surface area contributed by atoms with Crippen LogP contribution < -0.4 is 5.32 Å². The Labute approximate surface area is 128 Å². The molecule has 0 aromatic carbocycles. The molecule has 2 bridgehead atoms. The molecule has 0 aliphatic carbocycles. The van der Waals surface area contributed by atoms with Crippen LogP contribution in [0.5, 0.6) is 0 Å². The van der Waals surface area contributed by atoms with Crippen molar-refractivity contribution in [1.82, 2.24) is 14.5 Å². The fraction of sp³-hybridized carbons (Fsp3) is 0.824. The Morgan fingerprint density at radius 2 is 1.95 bits per heavy atom. The first-order valence-electron chi connectivity index (χ1n) is 8.55. The van der Waals surface area contributed by atoms with Crippen molar-refractivity contribution in [3.8, 4) is 0 Å². The molecule has 3 rings (SSSR count). The number of nitrogens with one attached hydrogen (secondary N) is 1. The van der Waals surface area contributed by atoms with Gasteiger partial charge in [0.25, 0.3) is 0 Å². The number of rotatable bonds is 4. The average molecular weight is 290 g/mol. The first kappa shape index (κ1) is 14.9. The van der Waals surface area contributed by atoms with Gasteiger partial charge in [-0.3, -0.25) is 0 Å². The van der Waals surface area contributed by atoms with Crippen molar-refractivity contribution >= 4 is 5.95 Å². The minimum atomic E-state index is 0.587. The van der Waals surface area contributed by atoms with Gasteiger partial charge in [-0.2, -0.15) is 0 Å². The van der Waals surface area contributed by atoms with Crippen molar-refractivity contribution in [1.29, 1.82) is 0 Å². The molecule has 2 saturated heterocycles. The summed E-state index contributed by atoms with van der Waals surface area (Å²) < 4.78 is 2.30. The maximum Gasteiger partial charge on any atom is 0.203 e. The molecule has 2 aliphatic heterocycles. The molecule has 2 atom stereocenters. The summed E-state index contributed by atoms with van der Waals surface area (Å²) in [6.45, 7) is 7.66. The van der Waals surface area contributed by atoms with E-state index in [1.54, 1.807) is 0 Å². The second-order valence-corrected chi connectivity index (χ2v) is 7.47. The number of nitrogens with zero attached hydrogens (tertiary/aromatic N) is 3. The summed E-state index contributed by atoms with van der Waals surface area (Å²) in [7, 11) is 2.31. The maximum absolute atomic E-state index is 4.71. The molecule has 0 saturated carbocycles. The van der Waals surface area contributed by atoms with E-state index in [2.05, 4.69) is 48.8 Å². The highest BCUT2D eigenvalue weighted by molar-refractivity contribution is 5.31. The number of imidazole rings is 1. The van der Waals surface area contributed by atoms with Gasteiger partial charge in [-0.05, 0) is 45.6 Å². The van der Waals surface area contributed by atoms with Crippen LogP contribution >= 0.6 is 0 Å². The van der Waals surface area contributed by atoms with Crippen LogP contribution in [-0.4, -0.2) is 39.6 Å². The van der Waals surface area contributed by atoms with E-state index in [0.29, 0.717) is 12.0 Å². The minimum Gasteiger partial charge on any atom is -0.353 e. The zero-order chi connectivity index (χ0) is 15.0. The van der Waals surface area contributed by atoms with Gasteiger partial charge >= 0.3 is 0 Å². The minimum absolute atomic E-state index is 0.587. The second kappa shape index (κ2) is 5.99. The molecular weight excluding hydrogens is 260 g/mol. The van der Waals surface area contributed by atoms with Crippen molar-refractivity contribution in [2.45, 2.75) is 77.5 Å². The molecule has 0 spiro atoms. The molecule has 4 nitrogen and oxygen atoms in total. The third-order valence-electron chi connectivity index (χ3n) is 5.13. The summed E-state index contributed by atoms with van der Waals surface area (Å²) in [5.74, 6) is 1.73. The lowest BCUT2D eigenvalue weighted by molar-refractivity contribution is 0.0606. The topological polar surface area (TPSA) is 33.1 Å². The van der Waals surface area contributed by atoms with E-state index in [4.69, 9.17) is 4.98 Å². The number of aromatic nitrogens is 2. The van der Waals surface area contributed by atoms with Gasteiger partial charge in [-0.1, -0.05) is 20.3 Å². The highest BCUT2D eigenvalue weighted by Gasteiger charge is 2.36. The van der Waals surface area contributed by atoms with Gasteiger partial charge in [0.05, 0.1) is 5.69 Å². The zero-order valence-corrected chi connectivity index (χ0v) is 14.0. The van der Waals surface area contributed by atoms with Gasteiger partial charge in [0.15, 0.2) is 0 Å². The van der Waals surface area contributed by atoms with Crippen molar-refractivity contribution in [3.05, 3.63) is 11.9 Å². The third-order valence-corrected chi connectivity index (χ3v) is 5.13. The van der Waals surface area contributed by atoms with E-state index < -0.39 is 0 Å². The lowest BCUT2D eigenvalue weighted by Gasteiger charge is -2.47. The lowest BCUT2D eigenvalue weighted by Crippen LogP contribution is -2.53. The molecule has 1 aromatic heterocycles. The number of aryl methyl sites for hydroxylation is 1. The van der Waals surface area contributed by atoms with Crippen LogP contribution in [0.15, 0.2) is 6.20 Å². The van der Waals surface area contributed by atoms with Gasteiger partial charge in [0.2, 0.25) is 5.95 Å². The van der Waals surface area contributed by atoms with E-state index in [0.717, 1.165) is 30.3 Å². The quantitative estimate of drug-likeness (QED) is 0.924. The Hall–Kier alpha value is -1.03. The largest absolute Gasteiger partial charge is 0.353 e. The highest BCUT2D eigenvalue weighted by Crippen LogP contribution is 2.33. The number of hydrogen-bond acceptors (Lipinski definition) is 3. The number of piperidine rings is 2. The lowest BCUT2D eigenvalue weighted by atomic mass is 9.82. The smallest absolute Gasteiger partial charge is 0.203 e. The monoisotopic (exact) mass is 290 g/mol. The van der Waals surface area contributed by atoms with Gasteiger partial charge in [0.1, 0.15) is 0 Å². The van der Waals surface area contributed by atoms with E-state index in [9.17, 15) is 0 Å². The summed E-state index contributed by atoms with van der Waals surface area (Å²) in [4.78, 5) is 7.33. The molecule has 21 heavy (non-hydrogen) atoms. The summed E-state index contributed by atoms with van der Waals surface area (Å²) in [5, 5.41) is 3.75. The Bertz CT molecular complexity index is 465. The van der Waals surface area contributed by atoms with Crippen LogP contribution in [0, 0.1) is 12.8 Å². The van der Waals surface area contributed by atoms with Crippen molar-refractivity contribution in [3.63, 3.8) is 0 Å². The van der Waals surface area contributed by atoms with Crippen LogP contribution in [0.4, 0.5) is 5.95 Å². The van der Waals surface area contributed by atoms with E-state index in [-0.39, 0.29) is 0 Å². The Kier molecular flexibility index (Phi) is 4.25. The SMILES string of the molecule is Cc1cn(CC(C)C)c(NC2CC3CCCC(C2)N3C)n1. The van der Waals surface area contributed by atoms with Crippen LogP contribution in [0.25, 0.3) is 0 Å². The van der Waals surface area contributed by atoms with Crippen molar-refractivity contribution in [2.75, 3.05) is 12.4 Å². The summed E-state index contributed by atoms with van der Waals surface area (Å²) in [6, 6.07) is 2.12. The second-order valence-electron chi connectivity index (χ2n) is 7.47. The molecule has 118 valence electrons. The van der Waals surface area contributed by atoms with Gasteiger partial charge in [0, 0.05) is 30.9 Å². The molecule has 0 radical (unpaired) electrons. The fourth-order valence-corrected chi connectivity index (χ4v) is 4.11. The third kappa shape index (κ3) is 3.25. The van der Waals surface area contributed by atoms with E-state index >= 15 is 0 Å². The van der Waals surface area contributed by atoms with Gasteiger partial charge < -0.3 is 14.8 Å². The van der Waals surface area contributed by atoms with Gasteiger partial charge in [-0.15, -0.1) is 0 Å². The zero-order valence-electron chi connectivity index (χ0n) is 14.0. The van der Waals surface area contributed by atoms with E-state index in [1.165, 1.54) is 32.1 Å². The standard InChI is InChI=1S/C17H30N4/c1-12(2)10-21-11-13(3)18-17(21)19-14-8-15-6-5-7-16(9-14)20(15)4/h11-12,14-16H,5-10H2,1-4H3,(H,18,19). The predicted molar refractivity (Wildman–Crippen MR) is 87.6 cm³/mol. The molecular formula is C17H30N4.